The van der Waals surface area contributed by atoms with Crippen molar-refractivity contribution in [3.8, 4) is 0 Å². The highest BCUT2D eigenvalue weighted by Gasteiger charge is 2.07. The van der Waals surface area contributed by atoms with E-state index >= 15 is 0 Å². The van der Waals surface area contributed by atoms with E-state index in [1.165, 1.54) is 0 Å². The van der Waals surface area contributed by atoms with E-state index in [4.69, 9.17) is 9.15 Å². The number of hydrogen-bond acceptors (Lipinski definition) is 4. The van der Waals surface area contributed by atoms with Crippen molar-refractivity contribution in [2.45, 2.75) is 26.9 Å². The molecule has 0 unspecified atom stereocenters. The summed E-state index contributed by atoms with van der Waals surface area (Å²) in [5, 5.41) is 2.75. The van der Waals surface area contributed by atoms with E-state index in [-0.39, 0.29) is 18.6 Å². The Kier molecular flexibility index (Phi) is 3.62. The first-order valence-corrected chi connectivity index (χ1v) is 5.83. The second-order valence-electron chi connectivity index (χ2n) is 4.32. The Hall–Kier alpha value is -1.88. The first-order valence-electron chi connectivity index (χ1n) is 5.83. The van der Waals surface area contributed by atoms with Crippen LogP contribution in [0.15, 0.2) is 22.6 Å². The fourth-order valence-corrected chi connectivity index (χ4v) is 1.56. The Balaban J connectivity index is 2.05. The number of anilines is 1. The molecule has 1 N–H and O–H groups in total. The smallest absolute Gasteiger partial charge is 0.250 e. The SMILES string of the molecule is Cc1nc2cc(NC(=O)COC(C)C)ccc2o1. The van der Waals surface area contributed by atoms with Crippen molar-refractivity contribution in [3.63, 3.8) is 0 Å². The van der Waals surface area contributed by atoms with Crippen LogP contribution in [0.2, 0.25) is 0 Å². The lowest BCUT2D eigenvalue weighted by Crippen LogP contribution is -2.20. The molecule has 1 aromatic heterocycles. The lowest BCUT2D eigenvalue weighted by molar-refractivity contribution is -0.121. The first kappa shape index (κ1) is 12.6. The summed E-state index contributed by atoms with van der Waals surface area (Å²) in [6.07, 6.45) is 0.0384. The minimum atomic E-state index is -0.178. The van der Waals surface area contributed by atoms with Crippen LogP contribution < -0.4 is 5.32 Å². The number of hydrogen-bond donors (Lipinski definition) is 1. The summed E-state index contributed by atoms with van der Waals surface area (Å²) in [5.74, 6) is 0.430. The van der Waals surface area contributed by atoms with E-state index in [0.717, 1.165) is 5.52 Å². The molecular formula is C13H16N2O3. The Morgan fingerprint density at radius 2 is 2.28 bits per heavy atom. The lowest BCUT2D eigenvalue weighted by atomic mass is 10.3. The number of nitrogens with one attached hydrogen (secondary N) is 1. The minimum Gasteiger partial charge on any atom is -0.441 e. The van der Waals surface area contributed by atoms with Gasteiger partial charge in [-0.15, -0.1) is 0 Å². The number of benzene rings is 1. The van der Waals surface area contributed by atoms with Gasteiger partial charge in [0, 0.05) is 12.6 Å². The van der Waals surface area contributed by atoms with Gasteiger partial charge in [-0.1, -0.05) is 0 Å². The molecule has 0 radical (unpaired) electrons. The molecule has 0 aliphatic rings. The number of ether oxygens (including phenoxy) is 1. The van der Waals surface area contributed by atoms with E-state index in [1.54, 1.807) is 25.1 Å². The number of rotatable bonds is 4. The summed E-state index contributed by atoms with van der Waals surface area (Å²) < 4.78 is 10.6. The molecule has 18 heavy (non-hydrogen) atoms. The van der Waals surface area contributed by atoms with Gasteiger partial charge in [-0.05, 0) is 32.0 Å². The van der Waals surface area contributed by atoms with Crippen molar-refractivity contribution in [1.29, 1.82) is 0 Å². The first-order chi connectivity index (χ1) is 8.54. The lowest BCUT2D eigenvalue weighted by Gasteiger charge is -2.08. The maximum Gasteiger partial charge on any atom is 0.250 e. The van der Waals surface area contributed by atoms with Crippen molar-refractivity contribution in [3.05, 3.63) is 24.1 Å². The van der Waals surface area contributed by atoms with Crippen LogP contribution in [-0.2, 0) is 9.53 Å². The normalized spacial score (nSPS) is 11.1. The quantitative estimate of drug-likeness (QED) is 0.902. The van der Waals surface area contributed by atoms with Gasteiger partial charge in [-0.25, -0.2) is 4.98 Å². The molecule has 2 aromatic rings. The van der Waals surface area contributed by atoms with E-state index in [0.29, 0.717) is 17.2 Å². The molecule has 5 nitrogen and oxygen atoms in total. The van der Waals surface area contributed by atoms with Gasteiger partial charge in [0.1, 0.15) is 12.1 Å². The van der Waals surface area contributed by atoms with Gasteiger partial charge in [0.25, 0.3) is 0 Å². The molecule has 0 saturated heterocycles. The monoisotopic (exact) mass is 248 g/mol. The van der Waals surface area contributed by atoms with Crippen molar-refractivity contribution in [1.82, 2.24) is 4.98 Å². The molecule has 0 fully saturated rings. The van der Waals surface area contributed by atoms with Gasteiger partial charge in [-0.3, -0.25) is 4.79 Å². The van der Waals surface area contributed by atoms with Crippen LogP contribution in [0.5, 0.6) is 0 Å². The molecule has 0 saturated carbocycles. The highest BCUT2D eigenvalue weighted by Crippen LogP contribution is 2.19. The van der Waals surface area contributed by atoms with Crippen LogP contribution in [0.4, 0.5) is 5.69 Å². The molecule has 2 rings (SSSR count). The zero-order valence-corrected chi connectivity index (χ0v) is 10.7. The summed E-state index contributed by atoms with van der Waals surface area (Å²) in [4.78, 5) is 15.8. The van der Waals surface area contributed by atoms with Gasteiger partial charge in [-0.2, -0.15) is 0 Å². The molecule has 0 aliphatic carbocycles. The van der Waals surface area contributed by atoms with Crippen LogP contribution in [0.3, 0.4) is 0 Å². The molecule has 5 heteroatoms. The van der Waals surface area contributed by atoms with Gasteiger partial charge in [0.2, 0.25) is 5.91 Å². The maximum absolute atomic E-state index is 11.6. The largest absolute Gasteiger partial charge is 0.441 e. The van der Waals surface area contributed by atoms with Crippen molar-refractivity contribution < 1.29 is 13.9 Å². The van der Waals surface area contributed by atoms with Crippen LogP contribution in [0.25, 0.3) is 11.1 Å². The molecule has 96 valence electrons. The van der Waals surface area contributed by atoms with Gasteiger partial charge < -0.3 is 14.5 Å². The third kappa shape index (κ3) is 3.07. The van der Waals surface area contributed by atoms with Crippen molar-refractivity contribution in [2.75, 3.05) is 11.9 Å². The third-order valence-electron chi connectivity index (χ3n) is 2.33. The van der Waals surface area contributed by atoms with E-state index in [1.807, 2.05) is 13.8 Å². The van der Waals surface area contributed by atoms with E-state index in [2.05, 4.69) is 10.3 Å². The zero-order chi connectivity index (χ0) is 13.1. The molecule has 0 aliphatic heterocycles. The number of aromatic nitrogens is 1. The zero-order valence-electron chi connectivity index (χ0n) is 10.7. The summed E-state index contributed by atoms with van der Waals surface area (Å²) >= 11 is 0. The van der Waals surface area contributed by atoms with Gasteiger partial charge in [0.15, 0.2) is 11.5 Å². The van der Waals surface area contributed by atoms with Crippen LogP contribution in [0.1, 0.15) is 19.7 Å². The standard InChI is InChI=1S/C13H16N2O3/c1-8(2)17-7-13(16)15-10-4-5-12-11(6-10)14-9(3)18-12/h4-6,8H,7H2,1-3H3,(H,15,16). The summed E-state index contributed by atoms with van der Waals surface area (Å²) in [6, 6.07) is 5.34. The van der Waals surface area contributed by atoms with Crippen LogP contribution in [-0.4, -0.2) is 23.6 Å². The number of carbonyl (C=O) groups is 1. The molecule has 0 bridgehead atoms. The average molecular weight is 248 g/mol. The topological polar surface area (TPSA) is 64.4 Å². The molecule has 1 heterocycles. The number of oxazole rings is 1. The van der Waals surface area contributed by atoms with Crippen molar-refractivity contribution in [2.24, 2.45) is 0 Å². The average Bonchev–Trinajstić information content (AvgIpc) is 2.66. The van der Waals surface area contributed by atoms with E-state index in [9.17, 15) is 4.79 Å². The molecule has 0 spiro atoms. The Morgan fingerprint density at radius 3 is 3.00 bits per heavy atom. The number of carbonyl (C=O) groups excluding carboxylic acids is 1. The van der Waals surface area contributed by atoms with Gasteiger partial charge >= 0.3 is 0 Å². The second kappa shape index (κ2) is 5.18. The molecule has 1 amide bonds. The van der Waals surface area contributed by atoms with Crippen LogP contribution >= 0.6 is 0 Å². The Morgan fingerprint density at radius 1 is 1.50 bits per heavy atom. The number of nitrogens with zero attached hydrogens (tertiary/aromatic N) is 1. The summed E-state index contributed by atoms with van der Waals surface area (Å²) in [5.41, 5.74) is 2.13. The number of amides is 1. The number of fused-ring (bicyclic) bond motifs is 1. The molecule has 0 atom stereocenters. The Bertz CT molecular complexity index is 560. The fraction of sp³-hybridized carbons (Fsp3) is 0.385. The highest BCUT2D eigenvalue weighted by molar-refractivity contribution is 5.93. The third-order valence-corrected chi connectivity index (χ3v) is 2.33. The molecular weight excluding hydrogens is 232 g/mol. The number of aryl methyl sites for hydroxylation is 1. The van der Waals surface area contributed by atoms with Gasteiger partial charge in [0.05, 0.1) is 6.10 Å². The minimum absolute atomic E-state index is 0.0384. The van der Waals surface area contributed by atoms with Crippen molar-refractivity contribution >= 4 is 22.7 Å². The predicted molar refractivity (Wildman–Crippen MR) is 68.5 cm³/mol. The summed E-state index contributed by atoms with van der Waals surface area (Å²) in [6.45, 7) is 5.61. The second-order valence-corrected chi connectivity index (χ2v) is 4.32. The molecule has 1 aromatic carbocycles. The fourth-order valence-electron chi connectivity index (χ4n) is 1.56. The maximum atomic E-state index is 11.6. The Labute approximate surface area is 105 Å². The van der Waals surface area contributed by atoms with E-state index < -0.39 is 0 Å². The predicted octanol–water partition coefficient (Wildman–Crippen LogP) is 2.50. The highest BCUT2D eigenvalue weighted by atomic mass is 16.5. The van der Waals surface area contributed by atoms with Crippen LogP contribution in [0, 0.1) is 6.92 Å². The summed E-state index contributed by atoms with van der Waals surface area (Å²) in [7, 11) is 0.